The molecule has 0 atom stereocenters. The number of hydrogen-bond acceptors (Lipinski definition) is 6. The normalized spacial score (nSPS) is 13.5. The van der Waals surface area contributed by atoms with Gasteiger partial charge in [0.2, 0.25) is 0 Å². The highest BCUT2D eigenvalue weighted by molar-refractivity contribution is 7.17. The topological polar surface area (TPSA) is 63.7 Å². The van der Waals surface area contributed by atoms with Crippen molar-refractivity contribution < 1.29 is 14.3 Å². The van der Waals surface area contributed by atoms with Gasteiger partial charge < -0.3 is 19.7 Å². The fourth-order valence-electron chi connectivity index (χ4n) is 3.30. The number of aromatic nitrogens is 1. The molecule has 0 radical (unpaired) electrons. The smallest absolute Gasteiger partial charge is 0.282 e. The Morgan fingerprint density at radius 3 is 2.00 bits per heavy atom. The van der Waals surface area contributed by atoms with Crippen LogP contribution in [-0.4, -0.2) is 56.2 Å². The SMILES string of the molecule is COc1ccc(-c2nc(C(=O)N3CCNCC3)sc2-c2ccc(OC)cc2)cc1.Cl. The first-order valence-corrected chi connectivity index (χ1v) is 10.3. The number of ether oxygens (including phenoxy) is 2. The first kappa shape index (κ1) is 22.1. The van der Waals surface area contributed by atoms with E-state index in [0.29, 0.717) is 18.1 Å². The van der Waals surface area contributed by atoms with Gasteiger partial charge >= 0.3 is 0 Å². The van der Waals surface area contributed by atoms with E-state index in [4.69, 9.17) is 14.5 Å². The molecule has 0 saturated carbocycles. The van der Waals surface area contributed by atoms with Crippen molar-refractivity contribution in [3.63, 3.8) is 0 Å². The molecule has 4 rings (SSSR count). The number of amides is 1. The predicted octanol–water partition coefficient (Wildman–Crippen LogP) is 3.96. The number of carbonyl (C=O) groups is 1. The highest BCUT2D eigenvalue weighted by Crippen LogP contribution is 2.38. The number of halogens is 1. The molecule has 30 heavy (non-hydrogen) atoms. The first-order chi connectivity index (χ1) is 14.2. The molecule has 3 aromatic rings. The summed E-state index contributed by atoms with van der Waals surface area (Å²) in [5.41, 5.74) is 2.77. The molecule has 1 aliphatic rings. The van der Waals surface area contributed by atoms with Crippen molar-refractivity contribution in [1.82, 2.24) is 15.2 Å². The van der Waals surface area contributed by atoms with E-state index >= 15 is 0 Å². The number of hydrogen-bond donors (Lipinski definition) is 1. The molecule has 0 aliphatic carbocycles. The van der Waals surface area contributed by atoms with Crippen LogP contribution in [0.25, 0.3) is 21.7 Å². The van der Waals surface area contributed by atoms with E-state index in [9.17, 15) is 4.79 Å². The average Bonchev–Trinajstić information content (AvgIpc) is 3.24. The van der Waals surface area contributed by atoms with Gasteiger partial charge in [-0.05, 0) is 54.1 Å². The molecule has 1 aliphatic heterocycles. The Hall–Kier alpha value is -2.61. The van der Waals surface area contributed by atoms with E-state index in [1.165, 1.54) is 11.3 Å². The van der Waals surface area contributed by atoms with Crippen LogP contribution in [0.1, 0.15) is 9.80 Å². The van der Waals surface area contributed by atoms with E-state index in [0.717, 1.165) is 46.3 Å². The summed E-state index contributed by atoms with van der Waals surface area (Å²) in [6.45, 7) is 3.03. The van der Waals surface area contributed by atoms with Gasteiger partial charge in [0.25, 0.3) is 5.91 Å². The number of methoxy groups -OCH3 is 2. The summed E-state index contributed by atoms with van der Waals surface area (Å²) in [6, 6.07) is 15.6. The van der Waals surface area contributed by atoms with Gasteiger partial charge in [0.15, 0.2) is 5.01 Å². The molecule has 8 heteroatoms. The highest BCUT2D eigenvalue weighted by Gasteiger charge is 2.24. The van der Waals surface area contributed by atoms with Crippen molar-refractivity contribution >= 4 is 29.7 Å². The van der Waals surface area contributed by atoms with Crippen LogP contribution >= 0.6 is 23.7 Å². The number of thiazole rings is 1. The summed E-state index contributed by atoms with van der Waals surface area (Å²) in [4.78, 5) is 20.6. The predicted molar refractivity (Wildman–Crippen MR) is 122 cm³/mol. The van der Waals surface area contributed by atoms with Crippen LogP contribution in [0.2, 0.25) is 0 Å². The number of nitrogens with one attached hydrogen (secondary N) is 1. The van der Waals surface area contributed by atoms with Crippen molar-refractivity contribution in [2.75, 3.05) is 40.4 Å². The summed E-state index contributed by atoms with van der Waals surface area (Å²) in [5.74, 6) is 1.57. The maximum Gasteiger partial charge on any atom is 0.282 e. The minimum atomic E-state index is -0.00831. The van der Waals surface area contributed by atoms with Crippen molar-refractivity contribution in [3.8, 4) is 33.2 Å². The first-order valence-electron chi connectivity index (χ1n) is 9.49. The number of rotatable bonds is 5. The molecule has 1 fully saturated rings. The van der Waals surface area contributed by atoms with Gasteiger partial charge in [-0.25, -0.2) is 4.98 Å². The highest BCUT2D eigenvalue weighted by atomic mass is 35.5. The molecule has 0 bridgehead atoms. The lowest BCUT2D eigenvalue weighted by atomic mass is 10.1. The molecule has 1 N–H and O–H groups in total. The summed E-state index contributed by atoms with van der Waals surface area (Å²) in [7, 11) is 3.29. The Morgan fingerprint density at radius 2 is 1.47 bits per heavy atom. The number of nitrogens with zero attached hydrogens (tertiary/aromatic N) is 2. The van der Waals surface area contributed by atoms with Gasteiger partial charge in [-0.2, -0.15) is 0 Å². The third-order valence-corrected chi connectivity index (χ3v) is 6.02. The lowest BCUT2D eigenvalue weighted by Gasteiger charge is -2.26. The number of piperazine rings is 1. The largest absolute Gasteiger partial charge is 0.497 e. The molecule has 6 nitrogen and oxygen atoms in total. The van der Waals surface area contributed by atoms with Crippen LogP contribution in [0.15, 0.2) is 48.5 Å². The Bertz CT molecular complexity index is 919. The lowest BCUT2D eigenvalue weighted by Crippen LogP contribution is -2.46. The summed E-state index contributed by atoms with van der Waals surface area (Å²) in [5, 5.41) is 3.79. The van der Waals surface area contributed by atoms with Crippen molar-refractivity contribution in [3.05, 3.63) is 53.5 Å². The van der Waals surface area contributed by atoms with Gasteiger partial charge in [0.1, 0.15) is 11.5 Å². The van der Waals surface area contributed by atoms with Crippen LogP contribution in [-0.2, 0) is 0 Å². The number of carbonyl (C=O) groups excluding carboxylic acids is 1. The van der Waals surface area contributed by atoms with E-state index in [2.05, 4.69) is 5.32 Å². The van der Waals surface area contributed by atoms with Crippen LogP contribution in [0.4, 0.5) is 0 Å². The van der Waals surface area contributed by atoms with Crippen molar-refractivity contribution in [2.24, 2.45) is 0 Å². The van der Waals surface area contributed by atoms with Gasteiger partial charge in [-0.15, -0.1) is 23.7 Å². The number of benzene rings is 2. The molecular formula is C22H24ClN3O3S. The third-order valence-electron chi connectivity index (χ3n) is 4.93. The van der Waals surface area contributed by atoms with E-state index < -0.39 is 0 Å². The molecule has 1 amide bonds. The zero-order valence-electron chi connectivity index (χ0n) is 16.9. The van der Waals surface area contributed by atoms with Crippen molar-refractivity contribution in [2.45, 2.75) is 0 Å². The molecule has 2 heterocycles. The fraction of sp³-hybridized carbons (Fsp3) is 0.273. The van der Waals surface area contributed by atoms with Gasteiger partial charge in [-0.3, -0.25) is 4.79 Å². The monoisotopic (exact) mass is 445 g/mol. The molecular weight excluding hydrogens is 422 g/mol. The maximum absolute atomic E-state index is 13.0. The Labute approximate surface area is 186 Å². The minimum absolute atomic E-state index is 0. The Morgan fingerprint density at radius 1 is 0.933 bits per heavy atom. The zero-order valence-corrected chi connectivity index (χ0v) is 18.5. The van der Waals surface area contributed by atoms with E-state index in [1.54, 1.807) is 14.2 Å². The zero-order chi connectivity index (χ0) is 20.2. The minimum Gasteiger partial charge on any atom is -0.497 e. The molecule has 1 aromatic heterocycles. The van der Waals surface area contributed by atoms with Gasteiger partial charge in [0.05, 0.1) is 24.8 Å². The molecule has 1 saturated heterocycles. The second-order valence-corrected chi connectivity index (χ2v) is 7.70. The van der Waals surface area contributed by atoms with Crippen LogP contribution in [0.3, 0.4) is 0 Å². The second-order valence-electron chi connectivity index (χ2n) is 6.70. The second kappa shape index (κ2) is 9.93. The quantitative estimate of drug-likeness (QED) is 0.644. The summed E-state index contributed by atoms with van der Waals surface area (Å²) in [6.07, 6.45) is 0. The van der Waals surface area contributed by atoms with Gasteiger partial charge in [0, 0.05) is 31.7 Å². The fourth-order valence-corrected chi connectivity index (χ4v) is 4.36. The molecule has 0 unspecified atom stereocenters. The lowest BCUT2D eigenvalue weighted by molar-refractivity contribution is 0.0735. The Kier molecular flexibility index (Phi) is 7.31. The molecule has 158 valence electrons. The van der Waals surface area contributed by atoms with Crippen LogP contribution in [0.5, 0.6) is 11.5 Å². The van der Waals surface area contributed by atoms with Crippen molar-refractivity contribution in [1.29, 1.82) is 0 Å². The van der Waals surface area contributed by atoms with Gasteiger partial charge in [-0.1, -0.05) is 0 Å². The average molecular weight is 446 g/mol. The standard InChI is InChI=1S/C22H23N3O3S.ClH/c1-27-17-7-3-15(4-8-17)19-20(16-5-9-18(28-2)10-6-16)29-21(24-19)22(26)25-13-11-23-12-14-25;/h3-10,23H,11-14H2,1-2H3;1H. The molecule has 0 spiro atoms. The third kappa shape index (κ3) is 4.59. The molecule has 2 aromatic carbocycles. The van der Waals surface area contributed by atoms with E-state index in [-0.39, 0.29) is 18.3 Å². The van der Waals surface area contributed by atoms with E-state index in [1.807, 2.05) is 53.4 Å². The maximum atomic E-state index is 13.0. The summed E-state index contributed by atoms with van der Waals surface area (Å²) < 4.78 is 10.5. The van der Waals surface area contributed by atoms with Crippen LogP contribution < -0.4 is 14.8 Å². The van der Waals surface area contributed by atoms with Crippen LogP contribution in [0, 0.1) is 0 Å². The Balaban J connectivity index is 0.00000256. The summed E-state index contributed by atoms with van der Waals surface area (Å²) >= 11 is 1.44.